The molecule has 11 nitrogen and oxygen atoms in total. The van der Waals surface area contributed by atoms with Crippen molar-refractivity contribution in [1.29, 1.82) is 0 Å². The first kappa shape index (κ1) is 50.1. The van der Waals surface area contributed by atoms with Crippen LogP contribution in [-0.4, -0.2) is 97.2 Å². The van der Waals surface area contributed by atoms with Gasteiger partial charge in [0.2, 0.25) is 0 Å². The molecule has 58 heavy (non-hydrogen) atoms. The molecule has 0 aromatic heterocycles. The summed E-state index contributed by atoms with van der Waals surface area (Å²) >= 11 is 0. The monoisotopic (exact) mass is 819 g/mol. The Bertz CT molecular complexity index is 1450. The van der Waals surface area contributed by atoms with Gasteiger partial charge >= 0.3 is 5.97 Å². The first-order chi connectivity index (χ1) is 27.0. The summed E-state index contributed by atoms with van der Waals surface area (Å²) in [6.07, 6.45) is 9.11. The minimum absolute atomic E-state index is 0.168. The fourth-order valence-electron chi connectivity index (χ4n) is 9.63. The van der Waals surface area contributed by atoms with Crippen molar-refractivity contribution in [2.45, 2.75) is 189 Å². The lowest BCUT2D eigenvalue weighted by molar-refractivity contribution is -0.374. The smallest absolute Gasteiger partial charge is 0.333 e. The molecule has 2 fully saturated rings. The van der Waals surface area contributed by atoms with Crippen LogP contribution < -0.4 is 0 Å². The van der Waals surface area contributed by atoms with Gasteiger partial charge in [-0.05, 0) is 83.5 Å². The lowest BCUT2D eigenvalue weighted by Crippen LogP contribution is -2.63. The molecular formula is C47H78O11. The van der Waals surface area contributed by atoms with Crippen molar-refractivity contribution in [2.24, 2.45) is 53.3 Å². The van der Waals surface area contributed by atoms with Gasteiger partial charge in [0.1, 0.15) is 17.5 Å². The number of allylic oxidation sites excluding steroid dienone is 4. The Hall–Kier alpha value is -2.25. The second kappa shape index (κ2) is 21.5. The number of esters is 1. The van der Waals surface area contributed by atoms with E-state index in [-0.39, 0.29) is 41.5 Å². The van der Waals surface area contributed by atoms with Crippen LogP contribution in [0.1, 0.15) is 134 Å². The van der Waals surface area contributed by atoms with Crippen molar-refractivity contribution in [3.8, 4) is 0 Å². The summed E-state index contributed by atoms with van der Waals surface area (Å²) < 4.78 is 20.5. The second-order valence-corrected chi connectivity index (χ2v) is 18.7. The molecule has 0 amide bonds. The third-order valence-corrected chi connectivity index (χ3v) is 13.9. The highest BCUT2D eigenvalue weighted by atomic mass is 16.7. The molecule has 3 heterocycles. The maximum absolute atomic E-state index is 14.0. The Labute approximate surface area is 348 Å². The molecule has 2 saturated heterocycles. The van der Waals surface area contributed by atoms with E-state index in [2.05, 4.69) is 33.8 Å². The standard InChI is InChI=1S/C47H78O11/c1-13-35-19-17-15-16-18-27(4)43(52)46(12,55)44(53)34(11)41(51)33(10)40(50)32(9)39(49)28(5)24-29(6)45(54)56-42-31(8)37(21-20-35)57-47(36(42)14-2)23-22-26(3)38(58-47)25-30(7)48/h15-17,19,24,26-28,30-39,41-43,48-49,51-52,55H,13-14,18,20-23,25H2,1-12H3/b16-15+,19-17+,29-24+/t26-,27+,28-,30+,31+,32+,33-,34-,35-,36+,37-,38-,39-,41+,42+,43-,46-,47?/m1/s1. The van der Waals surface area contributed by atoms with Crippen molar-refractivity contribution in [1.82, 2.24) is 0 Å². The number of hydrogen-bond acceptors (Lipinski definition) is 11. The predicted octanol–water partition coefficient (Wildman–Crippen LogP) is 6.66. The number of carbonyl (C=O) groups excluding carboxylic acids is 3. The van der Waals surface area contributed by atoms with Gasteiger partial charge in [0.25, 0.3) is 0 Å². The number of aliphatic hydroxyl groups excluding tert-OH is 4. The molecule has 18 atom stereocenters. The SMILES string of the molecule is CC[C@@H]1/C=C/C=C/C[C@H](C)[C@@H](O)[C@@](C)(O)C(=O)[C@H](C)[C@@H](O)[C@H](C)C(=O)[C@@H](C)[C@H](O)[C@H](C)/C=C(\C)C(=O)O[C@H]2[C@@H](C)[C@@H](CC1)OC1(CC[C@@H](C)[C@@H](C[C@H](C)O)O1)[C@H]2CC. The topological polar surface area (TPSA) is 180 Å². The third-order valence-electron chi connectivity index (χ3n) is 13.9. The summed E-state index contributed by atoms with van der Waals surface area (Å²) in [4.78, 5) is 41.2. The van der Waals surface area contributed by atoms with E-state index in [4.69, 9.17) is 14.2 Å². The minimum atomic E-state index is -2.19. The fraction of sp³-hybridized carbons (Fsp3) is 0.809. The summed E-state index contributed by atoms with van der Waals surface area (Å²) in [5.41, 5.74) is -1.91. The highest BCUT2D eigenvalue weighted by molar-refractivity contribution is 5.91. The molecule has 2 bridgehead atoms. The Balaban J connectivity index is 2.05. The van der Waals surface area contributed by atoms with Crippen LogP contribution in [0.5, 0.6) is 0 Å². The van der Waals surface area contributed by atoms with Gasteiger partial charge in [-0.15, -0.1) is 0 Å². The van der Waals surface area contributed by atoms with Gasteiger partial charge < -0.3 is 39.7 Å². The Morgan fingerprint density at radius 1 is 0.845 bits per heavy atom. The summed E-state index contributed by atoms with van der Waals surface area (Å²) in [6.45, 7) is 20.9. The summed E-state index contributed by atoms with van der Waals surface area (Å²) in [7, 11) is 0. The predicted molar refractivity (Wildman–Crippen MR) is 224 cm³/mol. The van der Waals surface area contributed by atoms with Gasteiger partial charge in [-0.25, -0.2) is 4.79 Å². The maximum atomic E-state index is 14.0. The minimum Gasteiger partial charge on any atom is -0.458 e. The van der Waals surface area contributed by atoms with Crippen LogP contribution >= 0.6 is 0 Å². The number of rotatable bonds is 4. The van der Waals surface area contributed by atoms with Crippen LogP contribution in [0.25, 0.3) is 0 Å². The van der Waals surface area contributed by atoms with E-state index < -0.39 is 89.0 Å². The summed E-state index contributed by atoms with van der Waals surface area (Å²) in [6, 6.07) is 0. The van der Waals surface area contributed by atoms with Crippen LogP contribution in [0.2, 0.25) is 0 Å². The zero-order chi connectivity index (χ0) is 43.9. The Morgan fingerprint density at radius 3 is 2.09 bits per heavy atom. The van der Waals surface area contributed by atoms with Crippen molar-refractivity contribution in [2.75, 3.05) is 0 Å². The molecule has 5 N–H and O–H groups in total. The molecule has 11 heteroatoms. The third kappa shape index (κ3) is 11.8. The molecular weight excluding hydrogens is 741 g/mol. The van der Waals surface area contributed by atoms with Crippen molar-refractivity contribution in [3.63, 3.8) is 0 Å². The Morgan fingerprint density at radius 2 is 1.48 bits per heavy atom. The number of ether oxygens (including phenoxy) is 3. The van der Waals surface area contributed by atoms with E-state index in [1.165, 1.54) is 20.8 Å². The molecule has 0 saturated carbocycles. The zero-order valence-electron chi connectivity index (χ0n) is 37.5. The molecule has 1 spiro atoms. The lowest BCUT2D eigenvalue weighted by Gasteiger charge is -2.56. The number of aliphatic hydroxyl groups is 5. The average molecular weight is 819 g/mol. The lowest BCUT2D eigenvalue weighted by atomic mass is 9.73. The molecule has 3 rings (SSSR count). The van der Waals surface area contributed by atoms with Gasteiger partial charge in [-0.3, -0.25) is 9.59 Å². The van der Waals surface area contributed by atoms with Crippen molar-refractivity contribution < 1.29 is 54.1 Å². The van der Waals surface area contributed by atoms with Crippen LogP contribution in [0, 0.1) is 53.3 Å². The van der Waals surface area contributed by atoms with Crippen LogP contribution in [-0.2, 0) is 28.6 Å². The Kier molecular flexibility index (Phi) is 18.6. The van der Waals surface area contributed by atoms with Gasteiger partial charge in [0, 0.05) is 41.6 Å². The highest BCUT2D eigenvalue weighted by Crippen LogP contribution is 2.50. The number of ketones is 2. The molecule has 1 unspecified atom stereocenters. The first-order valence-electron chi connectivity index (χ1n) is 22.1. The fourth-order valence-corrected chi connectivity index (χ4v) is 9.63. The number of hydrogen-bond donors (Lipinski definition) is 5. The molecule has 332 valence electrons. The van der Waals surface area contributed by atoms with E-state index >= 15 is 0 Å². The largest absolute Gasteiger partial charge is 0.458 e. The summed E-state index contributed by atoms with van der Waals surface area (Å²) in [5.74, 6) is -7.20. The number of Topliss-reactive ketones (excluding diaryl/α,β-unsaturated/α-hetero) is 2. The van der Waals surface area contributed by atoms with Gasteiger partial charge in [0.15, 0.2) is 11.6 Å². The van der Waals surface area contributed by atoms with Crippen LogP contribution in [0.3, 0.4) is 0 Å². The van der Waals surface area contributed by atoms with Crippen molar-refractivity contribution >= 4 is 17.5 Å². The molecule has 0 aromatic carbocycles. The molecule has 3 aliphatic rings. The second-order valence-electron chi connectivity index (χ2n) is 18.7. The van der Waals surface area contributed by atoms with E-state index in [9.17, 15) is 39.9 Å². The molecule has 0 radical (unpaired) electrons. The van der Waals surface area contributed by atoms with Crippen LogP contribution in [0.4, 0.5) is 0 Å². The van der Waals surface area contributed by atoms with Crippen LogP contribution in [0.15, 0.2) is 36.0 Å². The highest BCUT2D eigenvalue weighted by Gasteiger charge is 2.57. The van der Waals surface area contributed by atoms with E-state index in [1.807, 2.05) is 18.2 Å². The summed E-state index contributed by atoms with van der Waals surface area (Å²) in [5, 5.41) is 55.4. The maximum Gasteiger partial charge on any atom is 0.333 e. The molecule has 0 aromatic rings. The number of carbonyl (C=O) groups is 3. The quantitative estimate of drug-likeness (QED) is 0.192. The van der Waals surface area contributed by atoms with E-state index in [1.54, 1.807) is 40.7 Å². The normalized spacial score (nSPS) is 46.1. The van der Waals surface area contributed by atoms with Gasteiger partial charge in [-0.1, -0.05) is 92.7 Å². The van der Waals surface area contributed by atoms with Gasteiger partial charge in [-0.2, -0.15) is 0 Å². The zero-order valence-corrected chi connectivity index (χ0v) is 37.5. The van der Waals surface area contributed by atoms with E-state index in [0.717, 1.165) is 19.3 Å². The first-order valence-corrected chi connectivity index (χ1v) is 22.1. The van der Waals surface area contributed by atoms with Crippen molar-refractivity contribution in [3.05, 3.63) is 36.0 Å². The molecule has 3 aliphatic heterocycles. The average Bonchev–Trinajstić information content (AvgIpc) is 3.18. The van der Waals surface area contributed by atoms with Gasteiger partial charge in [0.05, 0.1) is 42.5 Å². The van der Waals surface area contributed by atoms with E-state index in [0.29, 0.717) is 32.1 Å². The molecule has 0 aliphatic carbocycles. The number of fused-ring (bicyclic) bond motifs is 2.